The van der Waals surface area contributed by atoms with Gasteiger partial charge in [0.15, 0.2) is 0 Å². The monoisotopic (exact) mass is 377 g/mol. The molecule has 2 aliphatic heterocycles. The van der Waals surface area contributed by atoms with Gasteiger partial charge in [0, 0.05) is 0 Å². The molecule has 4 atom stereocenters. The van der Waals surface area contributed by atoms with Gasteiger partial charge in [-0.15, -0.1) is 0 Å². The number of hydrogen-bond donors (Lipinski definition) is 2. The van der Waals surface area contributed by atoms with Gasteiger partial charge in [-0.3, -0.25) is 0 Å². The maximum atomic E-state index is 12.5. The molecule has 0 aromatic rings. The Labute approximate surface area is 148 Å². The summed E-state index contributed by atoms with van der Waals surface area (Å²) in [5, 5.41) is 5.88. The van der Waals surface area contributed by atoms with Crippen LogP contribution in [0.3, 0.4) is 0 Å². The molecule has 2 saturated heterocycles. The molecule has 2 fully saturated rings. The van der Waals surface area contributed by atoms with E-state index in [1.165, 1.54) is 19.0 Å². The van der Waals surface area contributed by atoms with Crippen LogP contribution in [0.4, 0.5) is 4.79 Å². The fraction of sp³-hybridized carbons (Fsp3) is 0.800. The first-order chi connectivity index (χ1) is 11.6. The molecule has 9 nitrogen and oxygen atoms in total. The molecule has 10 heteroatoms. The molecular weight excluding hydrogens is 349 g/mol. The van der Waals surface area contributed by atoms with Gasteiger partial charge in [0.25, 0.3) is 0 Å². The molecule has 2 rings (SSSR count). The van der Waals surface area contributed by atoms with Crippen LogP contribution in [0.2, 0.25) is 0 Å². The molecule has 2 aliphatic rings. The van der Waals surface area contributed by atoms with E-state index in [1.807, 2.05) is 27.7 Å². The summed E-state index contributed by atoms with van der Waals surface area (Å²) in [6.07, 6.45) is 0.626. The predicted molar refractivity (Wildman–Crippen MR) is 92.0 cm³/mol. The number of carbonyl (C=O) groups excluding carboxylic acids is 3. The van der Waals surface area contributed by atoms with Gasteiger partial charge in [0.2, 0.25) is 0 Å². The molecule has 2 heterocycles. The zero-order valence-corrected chi connectivity index (χ0v) is 16.5. The fourth-order valence-electron chi connectivity index (χ4n) is 2.69. The molecule has 144 valence electrons. The Morgan fingerprint density at radius 1 is 1.08 bits per heavy atom. The van der Waals surface area contributed by atoms with Crippen LogP contribution >= 0.6 is 7.59 Å². The van der Waals surface area contributed by atoms with Crippen molar-refractivity contribution in [3.8, 4) is 0 Å². The summed E-state index contributed by atoms with van der Waals surface area (Å²) in [6.45, 7) is 7.60. The van der Waals surface area contributed by atoms with E-state index >= 15 is 0 Å². The average Bonchev–Trinajstić information content (AvgIpc) is 3.00. The molecule has 0 aromatic carbocycles. The summed E-state index contributed by atoms with van der Waals surface area (Å²) in [4.78, 5) is 38.3. The second-order valence-corrected chi connectivity index (χ2v) is 9.77. The molecule has 0 aliphatic carbocycles. The van der Waals surface area contributed by atoms with E-state index in [4.69, 9.17) is 13.6 Å². The third-order valence-electron chi connectivity index (χ3n) is 4.78. The molecule has 1 amide bonds. The number of nitrogens with one attached hydrogen (secondary N) is 2. The topological polar surface area (TPSA) is 106 Å². The third kappa shape index (κ3) is 3.45. The Balaban J connectivity index is 2.43. The van der Waals surface area contributed by atoms with Crippen molar-refractivity contribution < 1.29 is 28.0 Å². The molecule has 0 radical (unpaired) electrons. The first-order valence-electron chi connectivity index (χ1n) is 8.54. The van der Waals surface area contributed by atoms with Crippen molar-refractivity contribution in [3.63, 3.8) is 0 Å². The SMILES string of the molecule is CCC(C)[C@@H]1NP2(OC(=O)N(C)C)(N[C@@H](C(C)CC)C(=O)O2)OC1=O. The summed E-state index contributed by atoms with van der Waals surface area (Å²) in [5.74, 6) is -1.36. The molecule has 0 saturated carbocycles. The fourth-order valence-corrected chi connectivity index (χ4v) is 6.20. The molecule has 2 N–H and O–H groups in total. The van der Waals surface area contributed by atoms with Gasteiger partial charge in [0.05, 0.1) is 0 Å². The van der Waals surface area contributed by atoms with Crippen LogP contribution in [0.5, 0.6) is 0 Å². The van der Waals surface area contributed by atoms with Crippen molar-refractivity contribution in [1.82, 2.24) is 15.1 Å². The Hall–Kier alpha value is -1.44. The van der Waals surface area contributed by atoms with Gasteiger partial charge >= 0.3 is 147 Å². The quantitative estimate of drug-likeness (QED) is 0.700. The number of nitrogens with zero attached hydrogens (tertiary/aromatic N) is 1. The Morgan fingerprint density at radius 2 is 1.48 bits per heavy atom. The number of rotatable bonds is 5. The second-order valence-electron chi connectivity index (χ2n) is 6.94. The van der Waals surface area contributed by atoms with Crippen LogP contribution in [0.1, 0.15) is 40.5 Å². The summed E-state index contributed by atoms with van der Waals surface area (Å²) >= 11 is 0. The zero-order chi connectivity index (χ0) is 19.0. The minimum atomic E-state index is -4.64. The molecule has 25 heavy (non-hydrogen) atoms. The van der Waals surface area contributed by atoms with Crippen molar-refractivity contribution in [2.24, 2.45) is 11.8 Å². The van der Waals surface area contributed by atoms with Crippen molar-refractivity contribution in [3.05, 3.63) is 0 Å². The Kier molecular flexibility index (Phi) is 5.33. The van der Waals surface area contributed by atoms with Crippen LogP contribution < -0.4 is 10.2 Å². The van der Waals surface area contributed by atoms with Gasteiger partial charge in [-0.1, -0.05) is 0 Å². The van der Waals surface area contributed by atoms with Gasteiger partial charge in [-0.2, -0.15) is 0 Å². The Bertz CT molecular complexity index is 546. The Morgan fingerprint density at radius 3 is 1.80 bits per heavy atom. The van der Waals surface area contributed by atoms with Crippen molar-refractivity contribution in [2.45, 2.75) is 52.6 Å². The number of carbonyl (C=O) groups is 3. The van der Waals surface area contributed by atoms with Gasteiger partial charge in [-0.25, -0.2) is 0 Å². The first-order valence-corrected chi connectivity index (χ1v) is 10.5. The second kappa shape index (κ2) is 6.70. The van der Waals surface area contributed by atoms with Crippen molar-refractivity contribution in [2.75, 3.05) is 14.1 Å². The van der Waals surface area contributed by atoms with E-state index < -0.39 is 37.7 Å². The van der Waals surface area contributed by atoms with E-state index in [9.17, 15) is 14.4 Å². The molecule has 2 unspecified atom stereocenters. The third-order valence-corrected chi connectivity index (χ3v) is 7.74. The van der Waals surface area contributed by atoms with Crippen LogP contribution in [0.15, 0.2) is 0 Å². The van der Waals surface area contributed by atoms with Crippen LogP contribution in [0.25, 0.3) is 0 Å². The van der Waals surface area contributed by atoms with Gasteiger partial charge in [-0.05, 0) is 0 Å². The predicted octanol–water partition coefficient (Wildman–Crippen LogP) is 1.94. The summed E-state index contributed by atoms with van der Waals surface area (Å²) < 4.78 is 16.5. The van der Waals surface area contributed by atoms with Gasteiger partial charge < -0.3 is 0 Å². The maximum absolute atomic E-state index is 12.5. The van der Waals surface area contributed by atoms with Crippen LogP contribution in [0, 0.1) is 11.8 Å². The van der Waals surface area contributed by atoms with Crippen LogP contribution in [-0.2, 0) is 23.2 Å². The molecule has 0 aromatic heterocycles. The molecular formula is C15H28N3O6P. The van der Waals surface area contributed by atoms with E-state index in [1.54, 1.807) is 0 Å². The minimum absolute atomic E-state index is 0.0878. The first kappa shape index (κ1) is 19.9. The van der Waals surface area contributed by atoms with Crippen LogP contribution in [-0.4, -0.2) is 49.1 Å². The van der Waals surface area contributed by atoms with E-state index in [-0.39, 0.29) is 11.8 Å². The number of amides is 1. The van der Waals surface area contributed by atoms with Crippen molar-refractivity contribution in [1.29, 1.82) is 0 Å². The molecule has 0 bridgehead atoms. The molecule has 1 spiro atoms. The summed E-state index contributed by atoms with van der Waals surface area (Å²) in [6, 6.07) is -1.46. The zero-order valence-electron chi connectivity index (χ0n) is 15.6. The van der Waals surface area contributed by atoms with Crippen molar-refractivity contribution >= 4 is 25.6 Å². The van der Waals surface area contributed by atoms with E-state index in [2.05, 4.69) is 10.2 Å². The summed E-state index contributed by atoms with van der Waals surface area (Å²) in [7, 11) is -1.66. The standard InChI is InChI=1S/C15H28N3O6P/c1-7-9(3)11-13(19)22-25(16-11,24-15(21)18(5)6)17-12(10(4)8-2)14(20)23-25/h9-12,16-17H,7-8H2,1-6H3/t9?,10?,11-,12-/m0/s1. The average molecular weight is 377 g/mol. The normalized spacial score (nSPS) is 30.7. The summed E-state index contributed by atoms with van der Waals surface area (Å²) in [5.41, 5.74) is 0. The van der Waals surface area contributed by atoms with E-state index in [0.717, 1.165) is 0 Å². The van der Waals surface area contributed by atoms with Gasteiger partial charge in [0.1, 0.15) is 0 Å². The number of hydrogen-bond acceptors (Lipinski definition) is 8. The van der Waals surface area contributed by atoms with E-state index in [0.29, 0.717) is 12.8 Å².